The number of carbonyl (C=O) groups is 2. The summed E-state index contributed by atoms with van der Waals surface area (Å²) >= 11 is 0.889. The molecular formula is C24H27F2N5O2S. The fourth-order valence-electron chi connectivity index (χ4n) is 3.43. The largest absolute Gasteiger partial charge is 0.382 e. The molecule has 0 spiro atoms. The number of nitrogens with zero attached hydrogens (tertiary/aromatic N) is 2. The van der Waals surface area contributed by atoms with Gasteiger partial charge in [0.05, 0.1) is 5.56 Å². The van der Waals surface area contributed by atoms with Crippen LogP contribution in [0.1, 0.15) is 46.4 Å². The zero-order chi connectivity index (χ0) is 24.8. The van der Waals surface area contributed by atoms with Gasteiger partial charge in [-0.25, -0.2) is 13.8 Å². The van der Waals surface area contributed by atoms with Crippen LogP contribution in [0.2, 0.25) is 0 Å². The summed E-state index contributed by atoms with van der Waals surface area (Å²) in [6, 6.07) is 9.92. The Morgan fingerprint density at radius 2 is 1.71 bits per heavy atom. The average molecular weight is 488 g/mol. The van der Waals surface area contributed by atoms with E-state index in [-0.39, 0.29) is 27.8 Å². The molecule has 0 radical (unpaired) electrons. The van der Waals surface area contributed by atoms with Crippen molar-refractivity contribution in [3.63, 3.8) is 0 Å². The standard InChI is InChI=1S/C24H27F2N5O2S/c1-4-31(5-2)13-14(3)28-23(33)15-9-11-16(12-10-15)29-24-30-22(27)21(34-24)20(32)19-17(25)7-6-8-18(19)26/h6-12,14H,4-5,13,27H2,1-3H3,(H,28,33)(H,29,30)/t14-/m1/s1. The van der Waals surface area contributed by atoms with Gasteiger partial charge in [-0.2, -0.15) is 0 Å². The molecule has 4 N–H and O–H groups in total. The number of benzene rings is 2. The SMILES string of the molecule is CCN(CC)C[C@@H](C)NC(=O)c1ccc(Nc2nc(N)c(C(=O)c3c(F)cccc3F)s2)cc1. The third kappa shape index (κ3) is 5.95. The summed E-state index contributed by atoms with van der Waals surface area (Å²) in [7, 11) is 0. The van der Waals surface area contributed by atoms with Gasteiger partial charge in [-0.05, 0) is 56.4 Å². The van der Waals surface area contributed by atoms with Gasteiger partial charge >= 0.3 is 0 Å². The summed E-state index contributed by atoms with van der Waals surface area (Å²) in [5.74, 6) is -3.10. The Bertz CT molecular complexity index is 1140. The first-order chi connectivity index (χ1) is 16.2. The molecule has 1 atom stereocenters. The van der Waals surface area contributed by atoms with Gasteiger partial charge in [0.15, 0.2) is 5.13 Å². The number of hydrogen-bond acceptors (Lipinski definition) is 7. The second-order valence-corrected chi connectivity index (χ2v) is 8.72. The van der Waals surface area contributed by atoms with Crippen molar-refractivity contribution in [3.05, 3.63) is 70.1 Å². The number of hydrogen-bond donors (Lipinski definition) is 3. The van der Waals surface area contributed by atoms with Crippen molar-refractivity contribution in [2.45, 2.75) is 26.8 Å². The van der Waals surface area contributed by atoms with E-state index in [1.807, 2.05) is 6.92 Å². The molecule has 0 fully saturated rings. The molecule has 0 saturated heterocycles. The molecular weight excluding hydrogens is 460 g/mol. The minimum absolute atomic E-state index is 0.00117. The highest BCUT2D eigenvalue weighted by molar-refractivity contribution is 7.18. The molecule has 0 saturated carbocycles. The second kappa shape index (κ2) is 11.2. The smallest absolute Gasteiger partial charge is 0.251 e. The first kappa shape index (κ1) is 25.3. The number of aromatic nitrogens is 1. The number of nitrogens with two attached hydrogens (primary N) is 1. The van der Waals surface area contributed by atoms with Crippen LogP contribution in [0.5, 0.6) is 0 Å². The van der Waals surface area contributed by atoms with Gasteiger partial charge in [0.1, 0.15) is 22.3 Å². The van der Waals surface area contributed by atoms with Crippen molar-refractivity contribution in [2.24, 2.45) is 0 Å². The Kier molecular flexibility index (Phi) is 8.30. The molecule has 2 aromatic carbocycles. The molecule has 0 aliphatic carbocycles. The number of anilines is 3. The molecule has 0 aliphatic heterocycles. The maximum atomic E-state index is 14.0. The monoisotopic (exact) mass is 487 g/mol. The normalized spacial score (nSPS) is 11.9. The van der Waals surface area contributed by atoms with E-state index < -0.39 is 23.0 Å². The summed E-state index contributed by atoms with van der Waals surface area (Å²) in [5.41, 5.74) is 6.27. The predicted molar refractivity (Wildman–Crippen MR) is 131 cm³/mol. The number of ketones is 1. The Hall–Kier alpha value is -3.37. The van der Waals surface area contributed by atoms with E-state index in [0.29, 0.717) is 11.3 Å². The Morgan fingerprint density at radius 3 is 2.29 bits per heavy atom. The predicted octanol–water partition coefficient (Wildman–Crippen LogP) is 4.44. The van der Waals surface area contributed by atoms with Crippen LogP contribution in [0.4, 0.5) is 25.4 Å². The number of carbonyl (C=O) groups excluding carboxylic acids is 2. The molecule has 3 aromatic rings. The summed E-state index contributed by atoms with van der Waals surface area (Å²) in [4.78, 5) is 31.4. The molecule has 7 nitrogen and oxygen atoms in total. The van der Waals surface area contributed by atoms with E-state index >= 15 is 0 Å². The Labute approximate surface area is 201 Å². The molecule has 0 bridgehead atoms. The lowest BCUT2D eigenvalue weighted by Gasteiger charge is -2.23. The van der Waals surface area contributed by atoms with Crippen LogP contribution in [-0.4, -0.2) is 47.3 Å². The molecule has 34 heavy (non-hydrogen) atoms. The highest BCUT2D eigenvalue weighted by atomic mass is 32.1. The lowest BCUT2D eigenvalue weighted by Crippen LogP contribution is -2.41. The topological polar surface area (TPSA) is 100 Å². The van der Waals surface area contributed by atoms with Crippen molar-refractivity contribution < 1.29 is 18.4 Å². The summed E-state index contributed by atoms with van der Waals surface area (Å²) in [6.45, 7) is 8.72. The van der Waals surface area contributed by atoms with Crippen molar-refractivity contribution in [1.29, 1.82) is 0 Å². The Morgan fingerprint density at radius 1 is 1.09 bits per heavy atom. The van der Waals surface area contributed by atoms with Gasteiger partial charge < -0.3 is 21.3 Å². The van der Waals surface area contributed by atoms with E-state index in [2.05, 4.69) is 34.4 Å². The number of rotatable bonds is 10. The second-order valence-electron chi connectivity index (χ2n) is 7.72. The van der Waals surface area contributed by atoms with E-state index in [0.717, 1.165) is 43.1 Å². The molecule has 180 valence electrons. The lowest BCUT2D eigenvalue weighted by molar-refractivity contribution is 0.0929. The van der Waals surface area contributed by atoms with E-state index in [4.69, 9.17) is 5.73 Å². The molecule has 3 rings (SSSR count). The van der Waals surface area contributed by atoms with Crippen LogP contribution in [0.15, 0.2) is 42.5 Å². The first-order valence-corrected chi connectivity index (χ1v) is 11.7. The highest BCUT2D eigenvalue weighted by Gasteiger charge is 2.24. The van der Waals surface area contributed by atoms with Crippen LogP contribution < -0.4 is 16.4 Å². The molecule has 1 amide bonds. The third-order valence-corrected chi connectivity index (χ3v) is 6.24. The zero-order valence-corrected chi connectivity index (χ0v) is 20.0. The molecule has 1 heterocycles. The number of nitrogen functional groups attached to an aromatic ring is 1. The quantitative estimate of drug-likeness (QED) is 0.366. The van der Waals surface area contributed by atoms with Gasteiger partial charge in [0, 0.05) is 23.8 Å². The van der Waals surface area contributed by atoms with Crippen molar-refractivity contribution in [3.8, 4) is 0 Å². The highest BCUT2D eigenvalue weighted by Crippen LogP contribution is 2.31. The molecule has 10 heteroatoms. The van der Waals surface area contributed by atoms with Crippen molar-refractivity contribution in [1.82, 2.24) is 15.2 Å². The lowest BCUT2D eigenvalue weighted by atomic mass is 10.1. The van der Waals surface area contributed by atoms with Crippen LogP contribution >= 0.6 is 11.3 Å². The van der Waals surface area contributed by atoms with Crippen LogP contribution in [0.25, 0.3) is 0 Å². The van der Waals surface area contributed by atoms with E-state index in [1.165, 1.54) is 6.07 Å². The summed E-state index contributed by atoms with van der Waals surface area (Å²) in [5, 5.41) is 6.26. The number of likely N-dealkylation sites (N-methyl/N-ethyl adjacent to an activating group) is 1. The number of amides is 1. The fraction of sp³-hybridized carbons (Fsp3) is 0.292. The van der Waals surface area contributed by atoms with E-state index in [1.54, 1.807) is 24.3 Å². The number of nitrogens with one attached hydrogen (secondary N) is 2. The van der Waals surface area contributed by atoms with Crippen molar-refractivity contribution >= 4 is 39.7 Å². The summed E-state index contributed by atoms with van der Waals surface area (Å²) < 4.78 is 28.0. The summed E-state index contributed by atoms with van der Waals surface area (Å²) in [6.07, 6.45) is 0. The number of thiazole rings is 1. The maximum absolute atomic E-state index is 14.0. The molecule has 0 aliphatic rings. The maximum Gasteiger partial charge on any atom is 0.251 e. The number of halogens is 2. The van der Waals surface area contributed by atoms with Crippen LogP contribution in [0, 0.1) is 11.6 Å². The average Bonchev–Trinajstić information content (AvgIpc) is 3.17. The minimum Gasteiger partial charge on any atom is -0.382 e. The molecule has 0 unspecified atom stereocenters. The van der Waals surface area contributed by atoms with Gasteiger partial charge in [0.25, 0.3) is 5.91 Å². The van der Waals surface area contributed by atoms with Gasteiger partial charge in [-0.1, -0.05) is 31.3 Å². The first-order valence-electron chi connectivity index (χ1n) is 10.9. The van der Waals surface area contributed by atoms with Crippen LogP contribution in [-0.2, 0) is 0 Å². The van der Waals surface area contributed by atoms with Gasteiger partial charge in [-0.3, -0.25) is 9.59 Å². The zero-order valence-electron chi connectivity index (χ0n) is 19.2. The van der Waals surface area contributed by atoms with Crippen LogP contribution in [0.3, 0.4) is 0 Å². The fourth-order valence-corrected chi connectivity index (χ4v) is 4.28. The minimum atomic E-state index is -0.965. The van der Waals surface area contributed by atoms with E-state index in [9.17, 15) is 18.4 Å². The van der Waals surface area contributed by atoms with Gasteiger partial charge in [-0.15, -0.1) is 0 Å². The van der Waals surface area contributed by atoms with Gasteiger partial charge in [0.2, 0.25) is 5.78 Å². The Balaban J connectivity index is 1.67. The van der Waals surface area contributed by atoms with Crippen molar-refractivity contribution in [2.75, 3.05) is 30.7 Å². The third-order valence-electron chi connectivity index (χ3n) is 5.25. The molecule has 1 aromatic heterocycles.